The number of nitrogens with zero attached hydrogens (tertiary/aromatic N) is 1. The van der Waals surface area contributed by atoms with Crippen molar-refractivity contribution >= 4 is 5.96 Å². The first-order chi connectivity index (χ1) is 10.5. The molecule has 0 aliphatic rings. The maximum Gasteiger partial charge on any atom is 0.191 e. The molecule has 0 aromatic heterocycles. The van der Waals surface area contributed by atoms with Gasteiger partial charge >= 0.3 is 0 Å². The number of nitrogens with one attached hydrogen (secondary N) is 2. The number of benzene rings is 1. The van der Waals surface area contributed by atoms with E-state index in [1.165, 1.54) is 11.1 Å². The van der Waals surface area contributed by atoms with Crippen molar-refractivity contribution < 1.29 is 4.74 Å². The first-order valence-electron chi connectivity index (χ1n) is 8.09. The fourth-order valence-electron chi connectivity index (χ4n) is 2.05. The third-order valence-corrected chi connectivity index (χ3v) is 3.47. The van der Waals surface area contributed by atoms with Gasteiger partial charge < -0.3 is 15.4 Å². The molecule has 0 radical (unpaired) electrons. The normalized spacial score (nSPS) is 12.3. The molecular formula is C18H31N3O. The third-order valence-electron chi connectivity index (χ3n) is 3.47. The van der Waals surface area contributed by atoms with Gasteiger partial charge in [-0.25, -0.2) is 0 Å². The molecule has 0 amide bonds. The summed E-state index contributed by atoms with van der Waals surface area (Å²) in [6.07, 6.45) is 0.981. The van der Waals surface area contributed by atoms with Crippen molar-refractivity contribution in [3.8, 4) is 0 Å². The van der Waals surface area contributed by atoms with Crippen LogP contribution in [0.2, 0.25) is 0 Å². The molecule has 0 saturated heterocycles. The summed E-state index contributed by atoms with van der Waals surface area (Å²) in [7, 11) is 1.79. The van der Waals surface area contributed by atoms with E-state index in [9.17, 15) is 0 Å². The van der Waals surface area contributed by atoms with Crippen LogP contribution in [0.25, 0.3) is 0 Å². The SMILES string of the molecule is CCOCCCNC(=NC)NCc1ccc(C(C)(C)C)cc1. The second-order valence-electron chi connectivity index (χ2n) is 6.35. The highest BCUT2D eigenvalue weighted by molar-refractivity contribution is 5.79. The molecule has 4 heteroatoms. The Bertz CT molecular complexity index is 446. The van der Waals surface area contributed by atoms with Crippen LogP contribution in [0.5, 0.6) is 0 Å². The van der Waals surface area contributed by atoms with Gasteiger partial charge in [0.1, 0.15) is 0 Å². The minimum absolute atomic E-state index is 0.199. The van der Waals surface area contributed by atoms with Crippen LogP contribution in [-0.4, -0.2) is 32.8 Å². The first-order valence-corrected chi connectivity index (χ1v) is 8.09. The van der Waals surface area contributed by atoms with Gasteiger partial charge in [-0.2, -0.15) is 0 Å². The highest BCUT2D eigenvalue weighted by atomic mass is 16.5. The van der Waals surface area contributed by atoms with Gasteiger partial charge in [-0.3, -0.25) is 4.99 Å². The molecule has 0 aliphatic carbocycles. The van der Waals surface area contributed by atoms with E-state index in [4.69, 9.17) is 4.74 Å². The minimum atomic E-state index is 0.199. The van der Waals surface area contributed by atoms with Crippen LogP contribution in [0.4, 0.5) is 0 Å². The molecule has 0 fully saturated rings. The number of hydrogen-bond acceptors (Lipinski definition) is 2. The van der Waals surface area contributed by atoms with E-state index in [0.717, 1.165) is 38.7 Å². The first kappa shape index (κ1) is 18.5. The molecule has 0 bridgehead atoms. The van der Waals surface area contributed by atoms with Crippen LogP contribution < -0.4 is 10.6 Å². The molecular weight excluding hydrogens is 274 g/mol. The molecule has 0 atom stereocenters. The summed E-state index contributed by atoms with van der Waals surface area (Å²) in [5.74, 6) is 0.830. The summed E-state index contributed by atoms with van der Waals surface area (Å²) >= 11 is 0. The average Bonchev–Trinajstić information content (AvgIpc) is 2.49. The van der Waals surface area contributed by atoms with E-state index in [-0.39, 0.29) is 5.41 Å². The lowest BCUT2D eigenvalue weighted by molar-refractivity contribution is 0.145. The van der Waals surface area contributed by atoms with Crippen molar-refractivity contribution in [2.75, 3.05) is 26.8 Å². The highest BCUT2D eigenvalue weighted by Gasteiger charge is 2.12. The molecule has 2 N–H and O–H groups in total. The highest BCUT2D eigenvalue weighted by Crippen LogP contribution is 2.22. The smallest absolute Gasteiger partial charge is 0.191 e. The molecule has 0 heterocycles. The van der Waals surface area contributed by atoms with Crippen molar-refractivity contribution in [2.24, 2.45) is 4.99 Å². The summed E-state index contributed by atoms with van der Waals surface area (Å²) in [5, 5.41) is 6.63. The van der Waals surface area contributed by atoms with E-state index in [1.807, 2.05) is 6.92 Å². The maximum atomic E-state index is 5.32. The van der Waals surface area contributed by atoms with E-state index in [2.05, 4.69) is 60.7 Å². The molecule has 4 nitrogen and oxygen atoms in total. The lowest BCUT2D eigenvalue weighted by Gasteiger charge is -2.19. The number of rotatable bonds is 7. The molecule has 0 spiro atoms. The summed E-state index contributed by atoms with van der Waals surface area (Å²) < 4.78 is 5.32. The van der Waals surface area contributed by atoms with Crippen molar-refractivity contribution in [1.82, 2.24) is 10.6 Å². The predicted molar refractivity (Wildman–Crippen MR) is 94.5 cm³/mol. The van der Waals surface area contributed by atoms with Gasteiger partial charge in [0.2, 0.25) is 0 Å². The zero-order valence-electron chi connectivity index (χ0n) is 14.7. The Kier molecular flexibility index (Phi) is 7.96. The van der Waals surface area contributed by atoms with Crippen molar-refractivity contribution in [2.45, 2.75) is 46.1 Å². The zero-order valence-corrected chi connectivity index (χ0v) is 14.7. The van der Waals surface area contributed by atoms with E-state index >= 15 is 0 Å². The molecule has 0 unspecified atom stereocenters. The van der Waals surface area contributed by atoms with Gasteiger partial charge in [0.25, 0.3) is 0 Å². The number of ether oxygens (including phenoxy) is 1. The number of guanidine groups is 1. The Morgan fingerprint density at radius 2 is 1.82 bits per heavy atom. The second kappa shape index (κ2) is 9.46. The van der Waals surface area contributed by atoms with Gasteiger partial charge in [0.05, 0.1) is 0 Å². The Morgan fingerprint density at radius 1 is 1.14 bits per heavy atom. The molecule has 1 aromatic rings. The topological polar surface area (TPSA) is 45.6 Å². The third kappa shape index (κ3) is 6.94. The van der Waals surface area contributed by atoms with Crippen LogP contribution in [0, 0.1) is 0 Å². The fourth-order valence-corrected chi connectivity index (χ4v) is 2.05. The van der Waals surface area contributed by atoms with Gasteiger partial charge in [-0.15, -0.1) is 0 Å². The largest absolute Gasteiger partial charge is 0.382 e. The van der Waals surface area contributed by atoms with Crippen LogP contribution >= 0.6 is 0 Å². The number of hydrogen-bond donors (Lipinski definition) is 2. The van der Waals surface area contributed by atoms with Gasteiger partial charge in [0, 0.05) is 33.4 Å². The average molecular weight is 305 g/mol. The Hall–Kier alpha value is -1.55. The monoisotopic (exact) mass is 305 g/mol. The quantitative estimate of drug-likeness (QED) is 0.462. The van der Waals surface area contributed by atoms with E-state index in [0.29, 0.717) is 0 Å². The van der Waals surface area contributed by atoms with Gasteiger partial charge in [-0.1, -0.05) is 45.0 Å². The summed E-state index contributed by atoms with van der Waals surface area (Å²) in [6.45, 7) is 11.9. The van der Waals surface area contributed by atoms with Crippen LogP contribution in [0.15, 0.2) is 29.3 Å². The lowest BCUT2D eigenvalue weighted by atomic mass is 9.87. The molecule has 124 valence electrons. The van der Waals surface area contributed by atoms with Gasteiger partial charge in [-0.05, 0) is 29.9 Å². The maximum absolute atomic E-state index is 5.32. The van der Waals surface area contributed by atoms with Crippen molar-refractivity contribution in [3.05, 3.63) is 35.4 Å². The van der Waals surface area contributed by atoms with Crippen LogP contribution in [0.3, 0.4) is 0 Å². The summed E-state index contributed by atoms with van der Waals surface area (Å²) in [5.41, 5.74) is 2.81. The molecule has 0 aliphatic heterocycles. The Balaban J connectivity index is 2.37. The molecule has 22 heavy (non-hydrogen) atoms. The molecule has 0 saturated carbocycles. The predicted octanol–water partition coefficient (Wildman–Crippen LogP) is 3.08. The Labute approximate surface area is 135 Å². The van der Waals surface area contributed by atoms with Gasteiger partial charge in [0.15, 0.2) is 5.96 Å². The van der Waals surface area contributed by atoms with E-state index < -0.39 is 0 Å². The molecule has 1 aromatic carbocycles. The van der Waals surface area contributed by atoms with Crippen LogP contribution in [-0.2, 0) is 16.7 Å². The second-order valence-corrected chi connectivity index (χ2v) is 6.35. The summed E-state index contributed by atoms with van der Waals surface area (Å²) in [6, 6.07) is 8.76. The standard InChI is InChI=1S/C18H31N3O/c1-6-22-13-7-12-20-17(19-5)21-14-15-8-10-16(11-9-15)18(2,3)4/h8-11H,6-7,12-14H2,1-5H3,(H2,19,20,21). The Morgan fingerprint density at radius 3 is 2.36 bits per heavy atom. The minimum Gasteiger partial charge on any atom is -0.382 e. The molecule has 1 rings (SSSR count). The van der Waals surface area contributed by atoms with Crippen molar-refractivity contribution in [1.29, 1.82) is 0 Å². The van der Waals surface area contributed by atoms with Crippen LogP contribution in [0.1, 0.15) is 45.2 Å². The fraction of sp³-hybridized carbons (Fsp3) is 0.611. The zero-order chi connectivity index (χ0) is 16.4. The lowest BCUT2D eigenvalue weighted by Crippen LogP contribution is -2.37. The number of aliphatic imine (C=N–C) groups is 1. The van der Waals surface area contributed by atoms with E-state index in [1.54, 1.807) is 7.05 Å². The summed E-state index contributed by atoms with van der Waals surface area (Å²) in [4.78, 5) is 4.23. The van der Waals surface area contributed by atoms with Crippen molar-refractivity contribution in [3.63, 3.8) is 0 Å².